The van der Waals surface area contributed by atoms with Crippen LogP contribution in [0.15, 0.2) is 101 Å². The minimum Gasteiger partial charge on any atom is -0.512 e. The first-order valence-electron chi connectivity index (χ1n) is 17.1. The average Bonchev–Trinajstić information content (AvgIpc) is 3.07. The van der Waals surface area contributed by atoms with E-state index >= 15 is 0 Å². The lowest BCUT2D eigenvalue weighted by atomic mass is 9.80. The Morgan fingerprint density at radius 3 is 2.41 bits per heavy atom. The van der Waals surface area contributed by atoms with E-state index in [9.17, 15) is 23.1 Å². The fourth-order valence-electron chi connectivity index (χ4n) is 6.18. The number of sulfonamides is 1. The highest BCUT2D eigenvalue weighted by Crippen LogP contribution is 2.42. The van der Waals surface area contributed by atoms with Crippen LogP contribution >= 0.6 is 0 Å². The van der Waals surface area contributed by atoms with Gasteiger partial charge in [-0.15, -0.1) is 0 Å². The number of anilines is 1. The molecular weight excluding hydrogens is 639 g/mol. The molecule has 0 saturated carbocycles. The molecule has 49 heavy (non-hydrogen) atoms. The molecule has 1 aromatic heterocycles. The topological polar surface area (TPSA) is 135 Å². The number of aliphatic hydroxyl groups is 1. The number of carbonyl (C=O) groups excluding carboxylic acids is 2. The molecule has 2 aromatic carbocycles. The van der Waals surface area contributed by atoms with Gasteiger partial charge in [-0.25, -0.2) is 9.78 Å². The quantitative estimate of drug-likeness (QED) is 0.0970. The van der Waals surface area contributed by atoms with Gasteiger partial charge in [0.05, 0.1) is 5.57 Å². The largest absolute Gasteiger partial charge is 0.512 e. The van der Waals surface area contributed by atoms with E-state index in [1.54, 1.807) is 24.3 Å². The molecule has 10 heteroatoms. The van der Waals surface area contributed by atoms with E-state index in [4.69, 9.17) is 4.74 Å². The summed E-state index contributed by atoms with van der Waals surface area (Å²) in [6.07, 6.45) is 5.85. The van der Waals surface area contributed by atoms with Gasteiger partial charge < -0.3 is 15.2 Å². The Morgan fingerprint density at radius 1 is 1.02 bits per heavy atom. The number of nitrogens with zero attached hydrogens (tertiary/aromatic N) is 1. The number of amides is 1. The van der Waals surface area contributed by atoms with E-state index in [-0.39, 0.29) is 35.2 Å². The maximum absolute atomic E-state index is 13.6. The van der Waals surface area contributed by atoms with E-state index in [0.29, 0.717) is 54.8 Å². The predicted molar refractivity (Wildman–Crippen MR) is 192 cm³/mol. The van der Waals surface area contributed by atoms with Crippen LogP contribution in [0, 0.1) is 5.92 Å². The van der Waals surface area contributed by atoms with Crippen LogP contribution in [-0.4, -0.2) is 36.0 Å². The van der Waals surface area contributed by atoms with Crippen molar-refractivity contribution in [1.29, 1.82) is 0 Å². The van der Waals surface area contributed by atoms with Crippen LogP contribution in [0.4, 0.5) is 5.69 Å². The molecule has 0 radical (unpaired) electrons. The van der Waals surface area contributed by atoms with Crippen molar-refractivity contribution in [2.45, 2.75) is 102 Å². The van der Waals surface area contributed by atoms with E-state index in [1.807, 2.05) is 64.1 Å². The molecule has 0 unspecified atom stereocenters. The minimum absolute atomic E-state index is 0.0251. The van der Waals surface area contributed by atoms with E-state index in [1.165, 1.54) is 12.3 Å². The third-order valence-corrected chi connectivity index (χ3v) is 10.4. The molecular formula is C39H49N3O6S. The number of aryl methyl sites for hydroxylation is 1. The van der Waals surface area contributed by atoms with E-state index < -0.39 is 27.5 Å². The van der Waals surface area contributed by atoms with Crippen LogP contribution in [0.1, 0.15) is 95.2 Å². The molecule has 0 spiro atoms. The summed E-state index contributed by atoms with van der Waals surface area (Å²) < 4.78 is 35.3. The van der Waals surface area contributed by atoms with Gasteiger partial charge in [0.2, 0.25) is 5.91 Å². The molecule has 1 aliphatic rings. The van der Waals surface area contributed by atoms with Gasteiger partial charge in [0.15, 0.2) is 5.03 Å². The number of benzene rings is 2. The van der Waals surface area contributed by atoms with Crippen molar-refractivity contribution in [3.8, 4) is 0 Å². The molecule has 4 rings (SSSR count). The number of ether oxygens (including phenoxy) is 1. The molecule has 1 amide bonds. The molecule has 3 N–H and O–H groups in total. The van der Waals surface area contributed by atoms with Crippen molar-refractivity contribution in [3.05, 3.63) is 113 Å². The van der Waals surface area contributed by atoms with Crippen molar-refractivity contribution in [2.75, 3.05) is 4.72 Å². The third kappa shape index (κ3) is 10.0. The molecule has 0 aliphatic carbocycles. The zero-order chi connectivity index (χ0) is 35.6. The molecule has 9 nitrogen and oxygen atoms in total. The molecule has 0 fully saturated rings. The number of nitrogens with one attached hydrogen (secondary N) is 2. The first-order valence-corrected chi connectivity index (χ1v) is 18.6. The van der Waals surface area contributed by atoms with E-state index in [0.717, 1.165) is 24.0 Å². The first kappa shape index (κ1) is 37.4. The lowest BCUT2D eigenvalue weighted by Crippen LogP contribution is -2.41. The zero-order valence-corrected chi connectivity index (χ0v) is 29.8. The highest BCUT2D eigenvalue weighted by atomic mass is 32.2. The highest BCUT2D eigenvalue weighted by Gasteiger charge is 2.43. The smallest absolute Gasteiger partial charge is 0.338 e. The van der Waals surface area contributed by atoms with Gasteiger partial charge in [-0.2, -0.15) is 8.42 Å². The van der Waals surface area contributed by atoms with Crippen LogP contribution in [0.2, 0.25) is 0 Å². The Hall–Kier alpha value is -4.44. The second kappa shape index (κ2) is 16.8. The summed E-state index contributed by atoms with van der Waals surface area (Å²) >= 11 is 0. The number of rotatable bonds is 17. The monoisotopic (exact) mass is 687 g/mol. The van der Waals surface area contributed by atoms with Crippen molar-refractivity contribution >= 4 is 27.6 Å². The number of hydrogen-bond acceptors (Lipinski definition) is 7. The van der Waals surface area contributed by atoms with Crippen LogP contribution in [0.5, 0.6) is 0 Å². The summed E-state index contributed by atoms with van der Waals surface area (Å²) in [5.41, 5.74) is 3.21. The van der Waals surface area contributed by atoms with Crippen LogP contribution in [0.25, 0.3) is 0 Å². The van der Waals surface area contributed by atoms with Crippen molar-refractivity contribution in [2.24, 2.45) is 5.92 Å². The Kier molecular flexibility index (Phi) is 12.8. The number of aromatic nitrogens is 1. The lowest BCUT2D eigenvalue weighted by Gasteiger charge is -2.38. The Balaban J connectivity index is 1.44. The van der Waals surface area contributed by atoms with Crippen LogP contribution < -0.4 is 10.0 Å². The van der Waals surface area contributed by atoms with Gasteiger partial charge in [0.25, 0.3) is 10.0 Å². The van der Waals surface area contributed by atoms with Crippen LogP contribution in [-0.2, 0) is 37.3 Å². The first-order chi connectivity index (χ1) is 23.4. The molecule has 2 heterocycles. The molecule has 2 atom stereocenters. The summed E-state index contributed by atoms with van der Waals surface area (Å²) in [5, 5.41) is 14.0. The maximum atomic E-state index is 13.6. The standard InChI is InChI=1S/C39H49N3O6S/c1-6-21-39(22-20-29-12-9-8-10-13-29)24-34(43)37(38(45)48-39)33(7-2)31-14-11-15-32(23-31)42-49(46,47)36-19-17-30(26-41-36)25-40-35(44)18-16-28(5)27(3)4/h8-15,17,19,23,26-27,33,42-43H,5-7,16,18,20-22,24-25H2,1-4H3,(H,40,44)/t33-,39-/m1/s1. The van der Waals surface area contributed by atoms with Gasteiger partial charge >= 0.3 is 5.97 Å². The highest BCUT2D eigenvalue weighted by molar-refractivity contribution is 7.92. The van der Waals surface area contributed by atoms with E-state index in [2.05, 4.69) is 21.6 Å². The van der Waals surface area contributed by atoms with Gasteiger partial charge in [-0.3, -0.25) is 9.52 Å². The van der Waals surface area contributed by atoms with Gasteiger partial charge in [0.1, 0.15) is 11.4 Å². The Morgan fingerprint density at radius 2 is 1.78 bits per heavy atom. The molecule has 0 bridgehead atoms. The van der Waals surface area contributed by atoms with Crippen molar-refractivity contribution < 1.29 is 27.9 Å². The summed E-state index contributed by atoms with van der Waals surface area (Å²) in [5.74, 6) is -0.804. The Labute approximate surface area is 291 Å². The predicted octanol–water partition coefficient (Wildman–Crippen LogP) is 7.92. The number of pyridine rings is 1. The summed E-state index contributed by atoms with van der Waals surface area (Å²) in [7, 11) is -4.05. The third-order valence-electron chi connectivity index (χ3n) is 9.10. The number of carbonyl (C=O) groups is 2. The molecule has 3 aromatic rings. The minimum atomic E-state index is -4.05. The van der Waals surface area contributed by atoms with Crippen molar-refractivity contribution in [1.82, 2.24) is 10.3 Å². The fraction of sp³-hybridized carbons (Fsp3) is 0.410. The second-order valence-corrected chi connectivity index (χ2v) is 14.8. The SMILES string of the molecule is C=C(CCC(=O)NCc1ccc(S(=O)(=O)Nc2cccc([C@@H](CC)C3=C(O)C[C@@](CCC)(CCc4ccccc4)OC3=O)c2)nc1)C(C)C. The molecule has 0 saturated heterocycles. The summed E-state index contributed by atoms with van der Waals surface area (Å²) in [4.78, 5) is 29.9. The summed E-state index contributed by atoms with van der Waals surface area (Å²) in [6.45, 7) is 12.2. The average molecular weight is 688 g/mol. The summed E-state index contributed by atoms with van der Waals surface area (Å²) in [6, 6.07) is 19.8. The number of allylic oxidation sites excluding steroid dienone is 1. The number of esters is 1. The Bertz CT molecular complexity index is 1750. The second-order valence-electron chi connectivity index (χ2n) is 13.1. The van der Waals surface area contributed by atoms with Gasteiger partial charge in [-0.1, -0.05) is 94.8 Å². The lowest BCUT2D eigenvalue weighted by molar-refractivity contribution is -0.161. The maximum Gasteiger partial charge on any atom is 0.338 e. The van der Waals surface area contributed by atoms with Crippen molar-refractivity contribution in [3.63, 3.8) is 0 Å². The fourth-order valence-corrected chi connectivity index (χ4v) is 7.17. The molecule has 262 valence electrons. The number of hydrogen-bond donors (Lipinski definition) is 3. The normalized spacial score (nSPS) is 17.0. The van der Waals surface area contributed by atoms with Gasteiger partial charge in [0, 0.05) is 37.2 Å². The number of cyclic esters (lactones) is 1. The van der Waals surface area contributed by atoms with Gasteiger partial charge in [-0.05, 0) is 72.9 Å². The zero-order valence-electron chi connectivity index (χ0n) is 29.0. The number of aliphatic hydroxyl groups excluding tert-OH is 1. The van der Waals surface area contributed by atoms with Crippen LogP contribution in [0.3, 0.4) is 0 Å². The molecule has 1 aliphatic heterocycles.